The highest BCUT2D eigenvalue weighted by Gasteiger charge is 2.10. The Morgan fingerprint density at radius 3 is 2.94 bits per heavy atom. The van der Waals surface area contributed by atoms with E-state index in [9.17, 15) is 0 Å². The zero-order valence-corrected chi connectivity index (χ0v) is 12.6. The van der Waals surface area contributed by atoms with Crippen LogP contribution in [0, 0.1) is 0 Å². The van der Waals surface area contributed by atoms with E-state index in [4.69, 9.17) is 11.6 Å². The zero-order chi connectivity index (χ0) is 12.5. The number of benzene rings is 1. The average Bonchev–Trinajstić information content (AvgIpc) is 2.98. The molecule has 92 valence electrons. The predicted octanol–water partition coefficient (Wildman–Crippen LogP) is 4.65. The summed E-state index contributed by atoms with van der Waals surface area (Å²) < 4.78 is 3.23. The van der Waals surface area contributed by atoms with Crippen LogP contribution in [0.3, 0.4) is 0 Å². The van der Waals surface area contributed by atoms with E-state index in [1.165, 1.54) is 5.56 Å². The Bertz CT molecular complexity index is 676. The summed E-state index contributed by atoms with van der Waals surface area (Å²) in [4.78, 5) is 4.57. The number of hydrogen-bond acceptors (Lipinski definition) is 2. The Balaban J connectivity index is 2.15. The molecule has 0 aliphatic rings. The third-order valence-electron chi connectivity index (χ3n) is 2.83. The van der Waals surface area contributed by atoms with Crippen molar-refractivity contribution in [2.45, 2.75) is 12.4 Å². The van der Waals surface area contributed by atoms with Gasteiger partial charge in [-0.15, -0.1) is 11.6 Å². The molecule has 3 aromatic rings. The minimum atomic E-state index is 0.427. The van der Waals surface area contributed by atoms with Crippen LogP contribution in [0.15, 0.2) is 39.5 Å². The number of fused-ring (bicyclic) bond motifs is 1. The molecule has 0 atom stereocenters. The highest BCUT2D eigenvalue weighted by Crippen LogP contribution is 2.23. The Kier molecular flexibility index (Phi) is 3.41. The van der Waals surface area contributed by atoms with E-state index >= 15 is 0 Å². The number of alkyl halides is 1. The van der Waals surface area contributed by atoms with E-state index in [0.717, 1.165) is 27.9 Å². The number of thiophene rings is 1. The molecule has 3 rings (SSSR count). The molecular formula is C13H10BrClN2S. The molecule has 18 heavy (non-hydrogen) atoms. The van der Waals surface area contributed by atoms with Gasteiger partial charge < -0.3 is 4.57 Å². The van der Waals surface area contributed by atoms with Crippen molar-refractivity contribution in [3.8, 4) is 0 Å². The SMILES string of the molecule is ClCc1nc2ccc(Br)cc2n1Cc1ccsc1. The molecular weight excluding hydrogens is 332 g/mol. The van der Waals surface area contributed by atoms with Crippen molar-refractivity contribution in [2.24, 2.45) is 0 Å². The molecule has 2 nitrogen and oxygen atoms in total. The molecule has 0 N–H and O–H groups in total. The van der Waals surface area contributed by atoms with E-state index in [1.54, 1.807) is 11.3 Å². The van der Waals surface area contributed by atoms with Gasteiger partial charge in [-0.05, 0) is 40.6 Å². The summed E-state index contributed by atoms with van der Waals surface area (Å²) in [5, 5.41) is 4.24. The van der Waals surface area contributed by atoms with Crippen molar-refractivity contribution >= 4 is 49.9 Å². The van der Waals surface area contributed by atoms with Gasteiger partial charge in [-0.25, -0.2) is 4.98 Å². The largest absolute Gasteiger partial charge is 0.322 e. The normalized spacial score (nSPS) is 11.2. The third-order valence-corrected chi connectivity index (χ3v) is 4.29. The van der Waals surface area contributed by atoms with Gasteiger partial charge in [0.2, 0.25) is 0 Å². The Morgan fingerprint density at radius 2 is 2.22 bits per heavy atom. The molecule has 0 unspecified atom stereocenters. The number of hydrogen-bond donors (Lipinski definition) is 0. The predicted molar refractivity (Wildman–Crippen MR) is 80.4 cm³/mol. The van der Waals surface area contributed by atoms with Crippen molar-refractivity contribution in [2.75, 3.05) is 0 Å². The van der Waals surface area contributed by atoms with Crippen molar-refractivity contribution in [1.29, 1.82) is 0 Å². The first-order chi connectivity index (χ1) is 8.78. The molecule has 2 heterocycles. The molecule has 0 saturated carbocycles. The van der Waals surface area contributed by atoms with Crippen LogP contribution in [0.2, 0.25) is 0 Å². The Morgan fingerprint density at radius 1 is 1.33 bits per heavy atom. The second kappa shape index (κ2) is 5.03. The maximum Gasteiger partial charge on any atom is 0.125 e. The summed E-state index contributed by atoms with van der Waals surface area (Å²) in [5.74, 6) is 1.34. The second-order valence-corrected chi connectivity index (χ2v) is 5.98. The van der Waals surface area contributed by atoms with Crippen LogP contribution < -0.4 is 0 Å². The highest BCUT2D eigenvalue weighted by molar-refractivity contribution is 9.10. The fraction of sp³-hybridized carbons (Fsp3) is 0.154. The molecule has 0 aliphatic heterocycles. The zero-order valence-electron chi connectivity index (χ0n) is 9.44. The van der Waals surface area contributed by atoms with Gasteiger partial charge in [-0.2, -0.15) is 11.3 Å². The number of rotatable bonds is 3. The minimum Gasteiger partial charge on any atom is -0.322 e. The van der Waals surface area contributed by atoms with Crippen LogP contribution in [0.5, 0.6) is 0 Å². The van der Waals surface area contributed by atoms with Crippen molar-refractivity contribution < 1.29 is 0 Å². The number of imidazole rings is 1. The average molecular weight is 342 g/mol. The molecule has 5 heteroatoms. The Labute approximate surface area is 122 Å². The fourth-order valence-electron chi connectivity index (χ4n) is 1.99. The van der Waals surface area contributed by atoms with Gasteiger partial charge in [-0.3, -0.25) is 0 Å². The lowest BCUT2D eigenvalue weighted by atomic mass is 10.3. The van der Waals surface area contributed by atoms with Crippen LogP contribution in [-0.4, -0.2) is 9.55 Å². The van der Waals surface area contributed by atoms with Gasteiger partial charge in [0.25, 0.3) is 0 Å². The molecule has 0 radical (unpaired) electrons. The smallest absolute Gasteiger partial charge is 0.125 e. The number of nitrogens with zero attached hydrogens (tertiary/aromatic N) is 2. The van der Waals surface area contributed by atoms with Crippen LogP contribution in [-0.2, 0) is 12.4 Å². The number of aromatic nitrogens is 2. The van der Waals surface area contributed by atoms with Gasteiger partial charge in [0.1, 0.15) is 5.82 Å². The van der Waals surface area contributed by atoms with E-state index in [2.05, 4.69) is 48.4 Å². The summed E-state index contributed by atoms with van der Waals surface area (Å²) in [6.07, 6.45) is 0. The first kappa shape index (κ1) is 12.2. The van der Waals surface area contributed by atoms with E-state index in [0.29, 0.717) is 5.88 Å². The van der Waals surface area contributed by atoms with Gasteiger partial charge in [0.15, 0.2) is 0 Å². The standard InChI is InChI=1S/C13H10BrClN2S/c14-10-1-2-11-12(5-10)17(13(6-15)16-11)7-9-3-4-18-8-9/h1-5,8H,6-7H2. The second-order valence-electron chi connectivity index (χ2n) is 4.01. The highest BCUT2D eigenvalue weighted by atomic mass is 79.9. The van der Waals surface area contributed by atoms with E-state index < -0.39 is 0 Å². The van der Waals surface area contributed by atoms with Crippen LogP contribution in [0.4, 0.5) is 0 Å². The van der Waals surface area contributed by atoms with Crippen LogP contribution in [0.1, 0.15) is 11.4 Å². The lowest BCUT2D eigenvalue weighted by molar-refractivity contribution is 0.781. The summed E-state index contributed by atoms with van der Waals surface area (Å²) >= 11 is 11.2. The lowest BCUT2D eigenvalue weighted by Gasteiger charge is -2.06. The summed E-state index contributed by atoms with van der Waals surface area (Å²) in [6, 6.07) is 8.24. The van der Waals surface area contributed by atoms with Crippen LogP contribution in [0.25, 0.3) is 11.0 Å². The number of halogens is 2. The lowest BCUT2D eigenvalue weighted by Crippen LogP contribution is -2.02. The summed E-state index contributed by atoms with van der Waals surface area (Å²) in [6.45, 7) is 0.818. The van der Waals surface area contributed by atoms with Crippen molar-refractivity contribution in [3.05, 3.63) is 50.9 Å². The Hall–Kier alpha value is -0.840. The monoisotopic (exact) mass is 340 g/mol. The minimum absolute atomic E-state index is 0.427. The van der Waals surface area contributed by atoms with Gasteiger partial charge in [0, 0.05) is 4.47 Å². The third kappa shape index (κ3) is 2.20. The molecule has 1 aromatic carbocycles. The van der Waals surface area contributed by atoms with Gasteiger partial charge in [0.05, 0.1) is 23.5 Å². The maximum atomic E-state index is 5.99. The van der Waals surface area contributed by atoms with Gasteiger partial charge in [-0.1, -0.05) is 15.9 Å². The molecule has 0 aliphatic carbocycles. The fourth-order valence-corrected chi connectivity index (χ4v) is 3.20. The topological polar surface area (TPSA) is 17.8 Å². The van der Waals surface area contributed by atoms with E-state index in [1.807, 2.05) is 12.1 Å². The molecule has 2 aromatic heterocycles. The molecule has 0 fully saturated rings. The van der Waals surface area contributed by atoms with Gasteiger partial charge >= 0.3 is 0 Å². The first-order valence-corrected chi connectivity index (χ1v) is 7.76. The molecule has 0 bridgehead atoms. The quantitative estimate of drug-likeness (QED) is 0.634. The first-order valence-electron chi connectivity index (χ1n) is 5.49. The van der Waals surface area contributed by atoms with Crippen molar-refractivity contribution in [3.63, 3.8) is 0 Å². The van der Waals surface area contributed by atoms with Crippen LogP contribution >= 0.6 is 38.9 Å². The van der Waals surface area contributed by atoms with E-state index in [-0.39, 0.29) is 0 Å². The molecule has 0 spiro atoms. The molecule has 0 amide bonds. The molecule has 0 saturated heterocycles. The maximum absolute atomic E-state index is 5.99. The summed E-state index contributed by atoms with van der Waals surface area (Å²) in [5.41, 5.74) is 3.39. The van der Waals surface area contributed by atoms with Crippen molar-refractivity contribution in [1.82, 2.24) is 9.55 Å². The summed E-state index contributed by atoms with van der Waals surface area (Å²) in [7, 11) is 0.